The van der Waals surface area contributed by atoms with Crippen LogP contribution in [0, 0.1) is 0 Å². The van der Waals surface area contributed by atoms with Gasteiger partial charge in [-0.25, -0.2) is 0 Å². The molecule has 1 heterocycles. The van der Waals surface area contributed by atoms with Gasteiger partial charge in [0, 0.05) is 38.6 Å². The first-order valence-corrected chi connectivity index (χ1v) is 6.76. The maximum Gasteiger partial charge on any atom is 0.389 e. The standard InChI is InChI=1S/C14H19F3N2O.2ClH/c15-14(16,17)6-5-13(19-9-7-18-8-10-19)11-1-3-12(20)4-2-11;;/h1-4,13,18,20H,5-10H2;2*1H/t13-;;/m0../s1. The van der Waals surface area contributed by atoms with Crippen molar-refractivity contribution < 1.29 is 18.3 Å². The average molecular weight is 361 g/mol. The largest absolute Gasteiger partial charge is 0.508 e. The molecule has 3 nitrogen and oxygen atoms in total. The van der Waals surface area contributed by atoms with E-state index in [1.54, 1.807) is 12.1 Å². The molecule has 1 fully saturated rings. The Morgan fingerprint density at radius 3 is 2.14 bits per heavy atom. The lowest BCUT2D eigenvalue weighted by atomic mass is 9.99. The molecule has 1 atom stereocenters. The zero-order valence-corrected chi connectivity index (χ0v) is 13.6. The van der Waals surface area contributed by atoms with E-state index in [4.69, 9.17) is 0 Å². The molecule has 0 amide bonds. The first-order valence-electron chi connectivity index (χ1n) is 6.76. The first-order chi connectivity index (χ1) is 9.46. The fraction of sp³-hybridized carbons (Fsp3) is 0.571. The molecule has 1 aromatic carbocycles. The number of phenols is 1. The summed E-state index contributed by atoms with van der Waals surface area (Å²) in [5, 5.41) is 12.5. The predicted octanol–water partition coefficient (Wildman–Crippen LogP) is 3.52. The molecule has 0 aromatic heterocycles. The third-order valence-electron chi connectivity index (χ3n) is 3.57. The van der Waals surface area contributed by atoms with Gasteiger partial charge in [-0.2, -0.15) is 13.2 Å². The summed E-state index contributed by atoms with van der Waals surface area (Å²) in [6.45, 7) is 3.06. The second-order valence-corrected chi connectivity index (χ2v) is 5.05. The van der Waals surface area contributed by atoms with Crippen molar-refractivity contribution in [2.24, 2.45) is 0 Å². The minimum absolute atomic E-state index is 0. The number of alkyl halides is 3. The van der Waals surface area contributed by atoms with Gasteiger partial charge in [-0.3, -0.25) is 4.90 Å². The number of hydrogen-bond acceptors (Lipinski definition) is 3. The van der Waals surface area contributed by atoms with E-state index in [0.717, 1.165) is 31.7 Å². The van der Waals surface area contributed by atoms with Gasteiger partial charge < -0.3 is 10.4 Å². The van der Waals surface area contributed by atoms with Crippen LogP contribution >= 0.6 is 24.8 Å². The molecule has 2 N–H and O–H groups in total. The zero-order chi connectivity index (χ0) is 14.6. The summed E-state index contributed by atoms with van der Waals surface area (Å²) in [5.74, 6) is 0.128. The summed E-state index contributed by atoms with van der Waals surface area (Å²) in [6.07, 6.45) is -4.88. The van der Waals surface area contributed by atoms with Crippen molar-refractivity contribution in [3.63, 3.8) is 0 Å². The van der Waals surface area contributed by atoms with Crippen LogP contribution in [-0.2, 0) is 0 Å². The fourth-order valence-corrected chi connectivity index (χ4v) is 2.55. The maximum atomic E-state index is 12.5. The first kappa shape index (κ1) is 21.3. The van der Waals surface area contributed by atoms with Crippen molar-refractivity contribution in [2.75, 3.05) is 26.2 Å². The zero-order valence-electron chi connectivity index (χ0n) is 12.0. The van der Waals surface area contributed by atoms with Gasteiger partial charge in [-0.15, -0.1) is 24.8 Å². The molecule has 0 saturated carbocycles. The van der Waals surface area contributed by atoms with Crippen LogP contribution in [0.3, 0.4) is 0 Å². The van der Waals surface area contributed by atoms with Crippen LogP contribution < -0.4 is 5.32 Å². The number of phenolic OH excluding ortho intramolecular Hbond substituents is 1. The van der Waals surface area contributed by atoms with Crippen LogP contribution in [0.1, 0.15) is 24.4 Å². The molecule has 22 heavy (non-hydrogen) atoms. The van der Waals surface area contributed by atoms with E-state index in [1.807, 2.05) is 0 Å². The Hall–Kier alpha value is -0.690. The molecular formula is C14H21Cl2F3N2O. The highest BCUT2D eigenvalue weighted by Gasteiger charge is 2.31. The summed E-state index contributed by atoms with van der Waals surface area (Å²) in [6, 6.07) is 6.21. The van der Waals surface area contributed by atoms with Gasteiger partial charge in [0.2, 0.25) is 0 Å². The van der Waals surface area contributed by atoms with E-state index in [9.17, 15) is 18.3 Å². The fourth-order valence-electron chi connectivity index (χ4n) is 2.55. The highest BCUT2D eigenvalue weighted by Crippen LogP contribution is 2.32. The lowest BCUT2D eigenvalue weighted by Gasteiger charge is -2.35. The van der Waals surface area contributed by atoms with Crippen molar-refractivity contribution >= 4 is 24.8 Å². The Labute approximate surface area is 140 Å². The molecule has 1 aromatic rings. The molecule has 0 bridgehead atoms. The predicted molar refractivity (Wildman–Crippen MR) is 85.1 cm³/mol. The molecule has 0 radical (unpaired) electrons. The molecule has 8 heteroatoms. The Morgan fingerprint density at radius 1 is 1.09 bits per heavy atom. The summed E-state index contributed by atoms with van der Waals surface area (Å²) >= 11 is 0. The van der Waals surface area contributed by atoms with Crippen LogP contribution in [-0.4, -0.2) is 42.4 Å². The maximum absolute atomic E-state index is 12.5. The number of nitrogens with one attached hydrogen (secondary N) is 1. The van der Waals surface area contributed by atoms with Crippen LogP contribution in [0.5, 0.6) is 5.75 Å². The quantitative estimate of drug-likeness (QED) is 0.862. The Balaban J connectivity index is 0.00000220. The topological polar surface area (TPSA) is 35.5 Å². The summed E-state index contributed by atoms with van der Waals surface area (Å²) in [7, 11) is 0. The normalized spacial score (nSPS) is 17.2. The SMILES string of the molecule is Cl.Cl.Oc1ccc([C@H](CCC(F)(F)F)N2CCNCC2)cc1. The molecule has 0 spiro atoms. The highest BCUT2D eigenvalue weighted by atomic mass is 35.5. The van der Waals surface area contributed by atoms with Crippen molar-refractivity contribution in [1.82, 2.24) is 10.2 Å². The van der Waals surface area contributed by atoms with E-state index in [0.29, 0.717) is 0 Å². The van der Waals surface area contributed by atoms with Crippen molar-refractivity contribution in [3.05, 3.63) is 29.8 Å². The minimum atomic E-state index is -4.14. The number of nitrogens with zero attached hydrogens (tertiary/aromatic N) is 1. The molecule has 1 aliphatic rings. The van der Waals surface area contributed by atoms with Gasteiger partial charge in [-0.05, 0) is 24.1 Å². The number of rotatable bonds is 4. The molecule has 1 aliphatic heterocycles. The van der Waals surface area contributed by atoms with Crippen LogP contribution in [0.25, 0.3) is 0 Å². The Kier molecular flexibility index (Phi) is 9.15. The molecular weight excluding hydrogens is 340 g/mol. The molecule has 2 rings (SSSR count). The van der Waals surface area contributed by atoms with Gasteiger partial charge in [0.25, 0.3) is 0 Å². The van der Waals surface area contributed by atoms with Crippen molar-refractivity contribution in [2.45, 2.75) is 25.1 Å². The van der Waals surface area contributed by atoms with E-state index in [1.165, 1.54) is 12.1 Å². The van der Waals surface area contributed by atoms with Crippen molar-refractivity contribution in [1.29, 1.82) is 0 Å². The number of aromatic hydroxyl groups is 1. The lowest BCUT2D eigenvalue weighted by molar-refractivity contribution is -0.138. The summed E-state index contributed by atoms with van der Waals surface area (Å²) < 4.78 is 37.5. The third kappa shape index (κ3) is 6.60. The van der Waals surface area contributed by atoms with Crippen LogP contribution in [0.4, 0.5) is 13.2 Å². The lowest BCUT2D eigenvalue weighted by Crippen LogP contribution is -2.45. The number of piperazine rings is 1. The highest BCUT2D eigenvalue weighted by molar-refractivity contribution is 5.85. The van der Waals surface area contributed by atoms with Gasteiger partial charge in [0.05, 0.1) is 0 Å². The summed E-state index contributed by atoms with van der Waals surface area (Å²) in [5.41, 5.74) is 0.828. The number of benzene rings is 1. The van der Waals surface area contributed by atoms with E-state index >= 15 is 0 Å². The molecule has 1 saturated heterocycles. The van der Waals surface area contributed by atoms with Crippen LogP contribution in [0.15, 0.2) is 24.3 Å². The molecule has 0 aliphatic carbocycles. The van der Waals surface area contributed by atoms with Crippen molar-refractivity contribution in [3.8, 4) is 5.75 Å². The Bertz CT molecular complexity index is 423. The van der Waals surface area contributed by atoms with Crippen LogP contribution in [0.2, 0.25) is 0 Å². The van der Waals surface area contributed by atoms with Gasteiger partial charge in [0.1, 0.15) is 5.75 Å². The van der Waals surface area contributed by atoms with E-state index in [2.05, 4.69) is 10.2 Å². The third-order valence-corrected chi connectivity index (χ3v) is 3.57. The van der Waals surface area contributed by atoms with Gasteiger partial charge >= 0.3 is 6.18 Å². The van der Waals surface area contributed by atoms with Gasteiger partial charge in [-0.1, -0.05) is 12.1 Å². The van der Waals surface area contributed by atoms with E-state index < -0.39 is 12.6 Å². The smallest absolute Gasteiger partial charge is 0.389 e. The van der Waals surface area contributed by atoms with E-state index in [-0.39, 0.29) is 43.0 Å². The second-order valence-electron chi connectivity index (χ2n) is 5.05. The number of hydrogen-bond donors (Lipinski definition) is 2. The molecule has 128 valence electrons. The Morgan fingerprint density at radius 2 is 1.64 bits per heavy atom. The van der Waals surface area contributed by atoms with Gasteiger partial charge in [0.15, 0.2) is 0 Å². The number of halogens is 5. The minimum Gasteiger partial charge on any atom is -0.508 e. The summed E-state index contributed by atoms with van der Waals surface area (Å²) in [4.78, 5) is 2.08. The monoisotopic (exact) mass is 360 g/mol. The molecule has 0 unspecified atom stereocenters. The average Bonchev–Trinajstić information content (AvgIpc) is 2.41. The second kappa shape index (κ2) is 9.45.